The lowest BCUT2D eigenvalue weighted by Gasteiger charge is -2.17. The van der Waals surface area contributed by atoms with Gasteiger partial charge in [-0.2, -0.15) is 5.10 Å². The molecule has 0 amide bonds. The van der Waals surface area contributed by atoms with Crippen molar-refractivity contribution in [2.24, 2.45) is 21.9 Å². The summed E-state index contributed by atoms with van der Waals surface area (Å²) in [4.78, 5) is 0. The number of rotatable bonds is 2. The zero-order valence-electron chi connectivity index (χ0n) is 9.77. The van der Waals surface area contributed by atoms with Crippen LogP contribution in [-0.4, -0.2) is 11.5 Å². The molecule has 1 aliphatic heterocycles. The average Bonchev–Trinajstić information content (AvgIpc) is 2.29. The van der Waals surface area contributed by atoms with Gasteiger partial charge in [0.05, 0.1) is 5.71 Å². The third-order valence-electron chi connectivity index (χ3n) is 2.93. The van der Waals surface area contributed by atoms with Gasteiger partial charge in [-0.25, -0.2) is 0 Å². The van der Waals surface area contributed by atoms with E-state index < -0.39 is 0 Å². The molecular formula is C13H17N3. The van der Waals surface area contributed by atoms with Gasteiger partial charge in [-0.3, -0.25) is 0 Å². The molecule has 0 aromatic heterocycles. The van der Waals surface area contributed by atoms with Gasteiger partial charge in [0.15, 0.2) is 0 Å². The Morgan fingerprint density at radius 1 is 1.25 bits per heavy atom. The second kappa shape index (κ2) is 4.47. The van der Waals surface area contributed by atoms with Crippen LogP contribution < -0.4 is 5.73 Å². The van der Waals surface area contributed by atoms with Crippen molar-refractivity contribution < 1.29 is 0 Å². The van der Waals surface area contributed by atoms with E-state index >= 15 is 0 Å². The van der Waals surface area contributed by atoms with E-state index in [0.717, 1.165) is 24.1 Å². The summed E-state index contributed by atoms with van der Waals surface area (Å²) in [5.74, 6) is 0.978. The smallest absolute Gasteiger partial charge is 0.123 e. The fourth-order valence-electron chi connectivity index (χ4n) is 1.92. The van der Waals surface area contributed by atoms with Crippen LogP contribution in [0.5, 0.6) is 0 Å². The molecule has 0 saturated heterocycles. The fourth-order valence-corrected chi connectivity index (χ4v) is 1.92. The number of benzene rings is 1. The summed E-state index contributed by atoms with van der Waals surface area (Å²) >= 11 is 0. The lowest BCUT2D eigenvalue weighted by atomic mass is 9.93. The van der Waals surface area contributed by atoms with E-state index in [1.54, 1.807) is 0 Å². The summed E-state index contributed by atoms with van der Waals surface area (Å²) in [6, 6.07) is 8.52. The third-order valence-corrected chi connectivity index (χ3v) is 2.93. The first-order valence-electron chi connectivity index (χ1n) is 5.70. The minimum atomic E-state index is 0.352. The van der Waals surface area contributed by atoms with Gasteiger partial charge in [-0.1, -0.05) is 38.1 Å². The maximum absolute atomic E-state index is 5.65. The van der Waals surface area contributed by atoms with E-state index in [4.69, 9.17) is 5.73 Å². The number of hydrogen-bond acceptors (Lipinski definition) is 3. The van der Waals surface area contributed by atoms with Crippen LogP contribution in [0.15, 0.2) is 34.5 Å². The van der Waals surface area contributed by atoms with Crippen LogP contribution in [0, 0.1) is 5.92 Å². The van der Waals surface area contributed by atoms with Gasteiger partial charge in [0.1, 0.15) is 5.84 Å². The van der Waals surface area contributed by atoms with E-state index in [1.165, 1.54) is 5.56 Å². The molecule has 16 heavy (non-hydrogen) atoms. The summed E-state index contributed by atoms with van der Waals surface area (Å²) in [6.45, 7) is 4.29. The standard InChI is InChI=1S/C13H17N3/c1-3-10-4-6-11(7-5-10)13-9(2)8-12(14)15-16-13/h4-7,9H,3,8H2,1-2H3,(H2,14,15). The first kappa shape index (κ1) is 10.9. The lowest BCUT2D eigenvalue weighted by Crippen LogP contribution is -2.25. The zero-order valence-corrected chi connectivity index (χ0v) is 9.77. The monoisotopic (exact) mass is 215 g/mol. The first-order valence-corrected chi connectivity index (χ1v) is 5.70. The van der Waals surface area contributed by atoms with Crippen LogP contribution in [0.4, 0.5) is 0 Å². The highest BCUT2D eigenvalue weighted by Gasteiger charge is 2.18. The van der Waals surface area contributed by atoms with Gasteiger partial charge in [0, 0.05) is 12.3 Å². The molecule has 1 aromatic rings. The lowest BCUT2D eigenvalue weighted by molar-refractivity contribution is 0.783. The highest BCUT2D eigenvalue weighted by molar-refractivity contribution is 6.05. The largest absolute Gasteiger partial charge is 0.386 e. The van der Waals surface area contributed by atoms with Crippen LogP contribution >= 0.6 is 0 Å². The predicted octanol–water partition coefficient (Wildman–Crippen LogP) is 2.35. The van der Waals surface area contributed by atoms with Gasteiger partial charge >= 0.3 is 0 Å². The Balaban J connectivity index is 2.30. The molecule has 0 radical (unpaired) electrons. The van der Waals surface area contributed by atoms with E-state index in [2.05, 4.69) is 48.3 Å². The number of aryl methyl sites for hydroxylation is 1. The minimum Gasteiger partial charge on any atom is -0.386 e. The average molecular weight is 215 g/mol. The molecule has 1 heterocycles. The first-order chi connectivity index (χ1) is 7.70. The van der Waals surface area contributed by atoms with Gasteiger partial charge in [-0.05, 0) is 17.5 Å². The quantitative estimate of drug-likeness (QED) is 0.808. The Morgan fingerprint density at radius 2 is 1.94 bits per heavy atom. The predicted molar refractivity (Wildman–Crippen MR) is 67.8 cm³/mol. The SMILES string of the molecule is CCc1ccc(C2=NN=C(N)CC2C)cc1. The summed E-state index contributed by atoms with van der Waals surface area (Å²) < 4.78 is 0. The summed E-state index contributed by atoms with van der Waals surface area (Å²) in [7, 11) is 0. The van der Waals surface area contributed by atoms with Crippen LogP contribution in [0.1, 0.15) is 31.4 Å². The maximum atomic E-state index is 5.65. The molecule has 0 aliphatic carbocycles. The van der Waals surface area contributed by atoms with Crippen LogP contribution in [-0.2, 0) is 6.42 Å². The maximum Gasteiger partial charge on any atom is 0.123 e. The number of amidine groups is 1. The number of nitrogens with zero attached hydrogens (tertiary/aromatic N) is 2. The number of hydrogen-bond donors (Lipinski definition) is 1. The highest BCUT2D eigenvalue weighted by Crippen LogP contribution is 2.17. The van der Waals surface area contributed by atoms with Gasteiger partial charge in [0.25, 0.3) is 0 Å². The Labute approximate surface area is 96.1 Å². The van der Waals surface area contributed by atoms with E-state index in [-0.39, 0.29) is 0 Å². The molecule has 0 bridgehead atoms. The van der Waals surface area contributed by atoms with Crippen molar-refractivity contribution in [2.45, 2.75) is 26.7 Å². The van der Waals surface area contributed by atoms with Gasteiger partial charge in [-0.15, -0.1) is 5.10 Å². The van der Waals surface area contributed by atoms with Crippen molar-refractivity contribution in [3.05, 3.63) is 35.4 Å². The van der Waals surface area contributed by atoms with Gasteiger partial charge in [0.2, 0.25) is 0 Å². The highest BCUT2D eigenvalue weighted by atomic mass is 15.2. The molecule has 0 spiro atoms. The number of nitrogens with two attached hydrogens (primary N) is 1. The molecular weight excluding hydrogens is 198 g/mol. The van der Waals surface area contributed by atoms with E-state index in [9.17, 15) is 0 Å². The molecule has 0 fully saturated rings. The normalized spacial score (nSPS) is 20.2. The Morgan fingerprint density at radius 3 is 2.50 bits per heavy atom. The molecule has 1 aromatic carbocycles. The molecule has 1 unspecified atom stereocenters. The molecule has 2 N–H and O–H groups in total. The zero-order chi connectivity index (χ0) is 11.5. The van der Waals surface area contributed by atoms with Crippen LogP contribution in [0.2, 0.25) is 0 Å². The summed E-state index contributed by atoms with van der Waals surface area (Å²) in [5.41, 5.74) is 9.19. The van der Waals surface area contributed by atoms with Crippen molar-refractivity contribution in [2.75, 3.05) is 0 Å². The topological polar surface area (TPSA) is 50.7 Å². The second-order valence-electron chi connectivity index (χ2n) is 4.23. The van der Waals surface area contributed by atoms with Crippen molar-refractivity contribution in [1.29, 1.82) is 0 Å². The van der Waals surface area contributed by atoms with Crippen molar-refractivity contribution in [1.82, 2.24) is 0 Å². The Hall–Kier alpha value is -1.64. The second-order valence-corrected chi connectivity index (χ2v) is 4.23. The van der Waals surface area contributed by atoms with Crippen molar-refractivity contribution in [3.63, 3.8) is 0 Å². The van der Waals surface area contributed by atoms with Crippen molar-refractivity contribution in [3.8, 4) is 0 Å². The molecule has 84 valence electrons. The van der Waals surface area contributed by atoms with E-state index in [1.807, 2.05) is 0 Å². The van der Waals surface area contributed by atoms with Crippen LogP contribution in [0.3, 0.4) is 0 Å². The van der Waals surface area contributed by atoms with Crippen molar-refractivity contribution >= 4 is 11.5 Å². The molecule has 1 aliphatic rings. The molecule has 1 atom stereocenters. The molecule has 3 heteroatoms. The molecule has 0 saturated carbocycles. The molecule has 3 nitrogen and oxygen atoms in total. The Kier molecular flexibility index (Phi) is 3.04. The third kappa shape index (κ3) is 2.13. The van der Waals surface area contributed by atoms with Crippen LogP contribution in [0.25, 0.3) is 0 Å². The van der Waals surface area contributed by atoms with Gasteiger partial charge < -0.3 is 5.73 Å². The minimum absolute atomic E-state index is 0.352. The molecule has 2 rings (SSSR count). The Bertz CT molecular complexity index is 429. The summed E-state index contributed by atoms with van der Waals surface area (Å²) in [6.07, 6.45) is 1.86. The fraction of sp³-hybridized carbons (Fsp3) is 0.385. The summed E-state index contributed by atoms with van der Waals surface area (Å²) in [5, 5.41) is 8.16. The van der Waals surface area contributed by atoms with E-state index in [0.29, 0.717) is 11.8 Å².